The predicted octanol–water partition coefficient (Wildman–Crippen LogP) is 1.93. The van der Waals surface area contributed by atoms with E-state index in [9.17, 15) is 18.0 Å². The zero-order valence-corrected chi connectivity index (χ0v) is 9.28. The van der Waals surface area contributed by atoms with Crippen LogP contribution in [0.1, 0.15) is 0 Å². The van der Waals surface area contributed by atoms with Gasteiger partial charge in [-0.25, -0.2) is 4.79 Å². The predicted molar refractivity (Wildman–Crippen MR) is 53.4 cm³/mol. The van der Waals surface area contributed by atoms with Gasteiger partial charge in [0, 0.05) is 6.07 Å². The van der Waals surface area contributed by atoms with Gasteiger partial charge >= 0.3 is 12.1 Å². The highest BCUT2D eigenvalue weighted by molar-refractivity contribution is 5.85. The van der Waals surface area contributed by atoms with Gasteiger partial charge < -0.3 is 14.2 Å². The van der Waals surface area contributed by atoms with Crippen molar-refractivity contribution in [2.24, 2.45) is 0 Å². The van der Waals surface area contributed by atoms with E-state index in [0.29, 0.717) is 5.75 Å². The summed E-state index contributed by atoms with van der Waals surface area (Å²) in [5, 5.41) is 0. The van der Waals surface area contributed by atoms with Crippen LogP contribution >= 0.6 is 0 Å². The van der Waals surface area contributed by atoms with Gasteiger partial charge in [0.15, 0.2) is 0 Å². The number of hydrogen-bond acceptors (Lipinski definition) is 4. The highest BCUT2D eigenvalue weighted by atomic mass is 19.4. The van der Waals surface area contributed by atoms with Gasteiger partial charge in [0.1, 0.15) is 11.5 Å². The minimum atomic E-state index is -4.77. The summed E-state index contributed by atoms with van der Waals surface area (Å²) >= 11 is 0. The van der Waals surface area contributed by atoms with Gasteiger partial charge in [-0.1, -0.05) is 6.07 Å². The maximum Gasteiger partial charge on any atom is 0.430 e. The molecule has 7 heteroatoms. The fourth-order valence-corrected chi connectivity index (χ4v) is 1.32. The largest absolute Gasteiger partial charge is 0.497 e. The second-order valence-electron chi connectivity index (χ2n) is 3.68. The minimum absolute atomic E-state index is 0.0292. The van der Waals surface area contributed by atoms with Crippen LogP contribution in [0.3, 0.4) is 0 Å². The summed E-state index contributed by atoms with van der Waals surface area (Å²) < 4.78 is 51.4. The normalized spacial score (nSPS) is 22.4. The Kier molecular flexibility index (Phi) is 2.94. The van der Waals surface area contributed by atoms with Crippen molar-refractivity contribution in [1.29, 1.82) is 0 Å². The van der Waals surface area contributed by atoms with Crippen LogP contribution in [-0.4, -0.2) is 31.5 Å². The summed E-state index contributed by atoms with van der Waals surface area (Å²) in [4.78, 5) is 11.4. The number of halogens is 3. The fraction of sp³-hybridized carbons (Fsp3) is 0.364. The first kappa shape index (κ1) is 12.7. The molecule has 1 aliphatic heterocycles. The third-order valence-electron chi connectivity index (χ3n) is 2.47. The highest BCUT2D eigenvalue weighted by Crippen LogP contribution is 2.44. The zero-order chi connectivity index (χ0) is 13.4. The average molecular weight is 262 g/mol. The molecule has 1 aromatic carbocycles. The third kappa shape index (κ3) is 2.13. The van der Waals surface area contributed by atoms with E-state index in [-0.39, 0.29) is 5.75 Å². The lowest BCUT2D eigenvalue weighted by Crippen LogP contribution is -2.43. The van der Waals surface area contributed by atoms with Crippen LogP contribution in [0.2, 0.25) is 0 Å². The molecule has 4 nitrogen and oxygen atoms in total. The maximum absolute atomic E-state index is 12.5. The molecule has 2 rings (SSSR count). The lowest BCUT2D eigenvalue weighted by molar-refractivity contribution is -0.198. The molecule has 0 aliphatic carbocycles. The van der Waals surface area contributed by atoms with E-state index in [1.807, 2.05) is 0 Å². The molecule has 0 unspecified atom stereocenters. The van der Waals surface area contributed by atoms with E-state index in [1.54, 1.807) is 6.07 Å². The molecule has 1 aliphatic rings. The average Bonchev–Trinajstić information content (AvgIpc) is 3.09. The molecule has 0 N–H and O–H groups in total. The topological polar surface area (TPSA) is 48.1 Å². The number of carbonyl (C=O) groups excluding carboxylic acids is 1. The van der Waals surface area contributed by atoms with Crippen molar-refractivity contribution in [3.05, 3.63) is 24.3 Å². The van der Waals surface area contributed by atoms with Crippen molar-refractivity contribution in [3.63, 3.8) is 0 Å². The van der Waals surface area contributed by atoms with Crippen molar-refractivity contribution in [2.75, 3.05) is 13.7 Å². The lowest BCUT2D eigenvalue weighted by atomic mass is 10.1. The van der Waals surface area contributed by atoms with Crippen LogP contribution in [0.5, 0.6) is 11.5 Å². The second-order valence-corrected chi connectivity index (χ2v) is 3.68. The van der Waals surface area contributed by atoms with Crippen LogP contribution in [0.25, 0.3) is 0 Å². The first-order valence-corrected chi connectivity index (χ1v) is 4.96. The zero-order valence-electron chi connectivity index (χ0n) is 9.28. The standard InChI is InChI=1S/C11H9F3O4/c1-16-7-3-2-4-8(5-7)18-9(15)10(6-17-10)11(12,13)14/h2-5H,6H2,1H3/t10-/m1/s1. The molecule has 1 fully saturated rings. The van der Waals surface area contributed by atoms with Gasteiger partial charge in [-0.3, -0.25) is 0 Å². The van der Waals surface area contributed by atoms with E-state index in [1.165, 1.54) is 25.3 Å². The minimum Gasteiger partial charge on any atom is -0.497 e. The first-order valence-electron chi connectivity index (χ1n) is 4.96. The number of esters is 1. The molecule has 0 aromatic heterocycles. The summed E-state index contributed by atoms with van der Waals surface area (Å²) in [5.41, 5.74) is -2.81. The molecule has 0 amide bonds. The molecule has 1 aromatic rings. The van der Waals surface area contributed by atoms with E-state index >= 15 is 0 Å². The van der Waals surface area contributed by atoms with E-state index in [4.69, 9.17) is 4.74 Å². The molecule has 98 valence electrons. The molecule has 1 saturated heterocycles. The quantitative estimate of drug-likeness (QED) is 0.474. The number of carbonyl (C=O) groups is 1. The van der Waals surface area contributed by atoms with Gasteiger partial charge in [0.25, 0.3) is 5.60 Å². The molecular formula is C11H9F3O4. The van der Waals surface area contributed by atoms with Gasteiger partial charge in [0.2, 0.25) is 0 Å². The SMILES string of the molecule is COc1cccc(OC(=O)[C@@]2(C(F)(F)F)CO2)c1. The number of hydrogen-bond donors (Lipinski definition) is 0. The smallest absolute Gasteiger partial charge is 0.430 e. The van der Waals surface area contributed by atoms with Crippen LogP contribution in [0.4, 0.5) is 13.2 Å². The monoisotopic (exact) mass is 262 g/mol. The van der Waals surface area contributed by atoms with Crippen molar-refractivity contribution in [3.8, 4) is 11.5 Å². The van der Waals surface area contributed by atoms with E-state index in [0.717, 1.165) is 0 Å². The molecule has 0 saturated carbocycles. The summed E-state index contributed by atoms with van der Waals surface area (Å²) in [5.74, 6) is -1.13. The van der Waals surface area contributed by atoms with E-state index < -0.39 is 24.4 Å². The van der Waals surface area contributed by atoms with Crippen molar-refractivity contribution >= 4 is 5.97 Å². The van der Waals surface area contributed by atoms with Crippen molar-refractivity contribution < 1.29 is 32.2 Å². The molecule has 18 heavy (non-hydrogen) atoms. The molecule has 1 heterocycles. The lowest BCUT2D eigenvalue weighted by Gasteiger charge is -2.14. The molecule has 0 spiro atoms. The van der Waals surface area contributed by atoms with Crippen molar-refractivity contribution in [1.82, 2.24) is 0 Å². The number of methoxy groups -OCH3 is 1. The molecule has 0 bridgehead atoms. The van der Waals surface area contributed by atoms with Gasteiger partial charge in [-0.15, -0.1) is 0 Å². The van der Waals surface area contributed by atoms with E-state index in [2.05, 4.69) is 9.47 Å². The Bertz CT molecular complexity index is 466. The number of ether oxygens (including phenoxy) is 3. The Morgan fingerprint density at radius 3 is 2.50 bits per heavy atom. The Morgan fingerprint density at radius 2 is 2.00 bits per heavy atom. The Morgan fingerprint density at radius 1 is 1.39 bits per heavy atom. The van der Waals surface area contributed by atoms with Gasteiger partial charge in [-0.2, -0.15) is 13.2 Å². The highest BCUT2D eigenvalue weighted by Gasteiger charge is 2.73. The number of benzene rings is 1. The van der Waals surface area contributed by atoms with Gasteiger partial charge in [-0.05, 0) is 12.1 Å². The third-order valence-corrected chi connectivity index (χ3v) is 2.47. The molecule has 0 radical (unpaired) electrons. The number of rotatable bonds is 3. The van der Waals surface area contributed by atoms with Gasteiger partial charge in [0.05, 0.1) is 13.7 Å². The summed E-state index contributed by atoms with van der Waals surface area (Å²) in [7, 11) is 1.39. The van der Waals surface area contributed by atoms with Crippen molar-refractivity contribution in [2.45, 2.75) is 11.8 Å². The van der Waals surface area contributed by atoms with Crippen LogP contribution in [0.15, 0.2) is 24.3 Å². The second kappa shape index (κ2) is 4.16. The Balaban J connectivity index is 2.12. The summed E-state index contributed by atoms with van der Waals surface area (Å²) in [6, 6.07) is 5.73. The van der Waals surface area contributed by atoms with Crippen LogP contribution < -0.4 is 9.47 Å². The fourth-order valence-electron chi connectivity index (χ4n) is 1.32. The first-order chi connectivity index (χ1) is 8.39. The summed E-state index contributed by atoms with van der Waals surface area (Å²) in [6.07, 6.45) is -4.77. The maximum atomic E-state index is 12.5. The molecular weight excluding hydrogens is 253 g/mol. The Labute approximate surface area is 100 Å². The summed E-state index contributed by atoms with van der Waals surface area (Å²) in [6.45, 7) is -0.709. The number of epoxide rings is 1. The number of alkyl halides is 3. The van der Waals surface area contributed by atoms with Crippen LogP contribution in [0, 0.1) is 0 Å². The Hall–Kier alpha value is -1.76. The van der Waals surface area contributed by atoms with Crippen LogP contribution in [-0.2, 0) is 9.53 Å². The molecule has 1 atom stereocenters.